The molecule has 1 aromatic heterocycles. The molecule has 1 rings (SSSR count). The third-order valence-electron chi connectivity index (χ3n) is 1.99. The number of carbonyl (C=O) groups excluding carboxylic acids is 1. The van der Waals surface area contributed by atoms with Gasteiger partial charge < -0.3 is 10.7 Å². The number of nitrogens with one attached hydrogen (secondary N) is 1. The number of primary amides is 1. The van der Waals surface area contributed by atoms with Gasteiger partial charge in [-0.25, -0.2) is 13.4 Å². The number of rotatable bonds is 6. The highest BCUT2D eigenvalue weighted by Gasteiger charge is 2.27. The van der Waals surface area contributed by atoms with Crippen molar-refractivity contribution in [3.8, 4) is 0 Å². The van der Waals surface area contributed by atoms with Crippen molar-refractivity contribution in [1.29, 1.82) is 0 Å². The maximum absolute atomic E-state index is 12.1. The second kappa shape index (κ2) is 5.28. The van der Waals surface area contributed by atoms with E-state index in [9.17, 15) is 13.2 Å². The first kappa shape index (κ1) is 13.7. The van der Waals surface area contributed by atoms with Crippen LogP contribution in [-0.2, 0) is 14.8 Å². The van der Waals surface area contributed by atoms with Gasteiger partial charge in [-0.2, -0.15) is 4.31 Å². The molecular weight excluding hydrogens is 244 g/mol. The van der Waals surface area contributed by atoms with Crippen molar-refractivity contribution < 1.29 is 13.2 Å². The van der Waals surface area contributed by atoms with Crippen LogP contribution in [0.15, 0.2) is 17.6 Å². The summed E-state index contributed by atoms with van der Waals surface area (Å²) in [5.74, 6) is -0.596. The summed E-state index contributed by atoms with van der Waals surface area (Å²) in [5.41, 5.74) is 5.05. The van der Waals surface area contributed by atoms with E-state index in [-0.39, 0.29) is 24.0 Å². The van der Waals surface area contributed by atoms with Crippen molar-refractivity contribution in [1.82, 2.24) is 14.3 Å². The van der Waals surface area contributed by atoms with Gasteiger partial charge in [-0.1, -0.05) is 13.8 Å². The standard InChI is InChI=1S/C9H16N4O3S/c1-7(2)4-13(5-8(10)14)17(15,16)9-3-11-6-12-9/h3,6-7H,4-5H2,1-2H3,(H2,10,14)(H,11,12). The molecule has 0 saturated carbocycles. The van der Waals surface area contributed by atoms with Gasteiger partial charge in [0.2, 0.25) is 5.91 Å². The third-order valence-corrected chi connectivity index (χ3v) is 3.73. The Bertz CT molecular complexity index is 466. The monoisotopic (exact) mass is 260 g/mol. The molecule has 0 aliphatic carbocycles. The fraction of sp³-hybridized carbons (Fsp3) is 0.556. The van der Waals surface area contributed by atoms with Crippen molar-refractivity contribution in [2.45, 2.75) is 18.9 Å². The lowest BCUT2D eigenvalue weighted by Gasteiger charge is -2.21. The minimum Gasteiger partial charge on any atom is -0.369 e. The zero-order chi connectivity index (χ0) is 13.1. The molecule has 0 radical (unpaired) electrons. The van der Waals surface area contributed by atoms with Crippen LogP contribution >= 0.6 is 0 Å². The van der Waals surface area contributed by atoms with Crippen LogP contribution in [0, 0.1) is 5.92 Å². The van der Waals surface area contributed by atoms with Crippen molar-refractivity contribution in [2.24, 2.45) is 11.7 Å². The zero-order valence-electron chi connectivity index (χ0n) is 9.75. The highest BCUT2D eigenvalue weighted by molar-refractivity contribution is 7.89. The maximum atomic E-state index is 12.1. The average molecular weight is 260 g/mol. The normalized spacial score (nSPS) is 12.2. The molecule has 17 heavy (non-hydrogen) atoms. The fourth-order valence-corrected chi connectivity index (χ4v) is 2.82. The van der Waals surface area contributed by atoms with Gasteiger partial charge >= 0.3 is 0 Å². The van der Waals surface area contributed by atoms with Crippen LogP contribution in [0.25, 0.3) is 0 Å². The molecule has 0 aromatic carbocycles. The number of amides is 1. The van der Waals surface area contributed by atoms with Crippen LogP contribution in [0.2, 0.25) is 0 Å². The molecular formula is C9H16N4O3S. The summed E-state index contributed by atoms with van der Waals surface area (Å²) in [4.78, 5) is 17.1. The molecule has 3 N–H and O–H groups in total. The van der Waals surface area contributed by atoms with E-state index < -0.39 is 15.9 Å². The largest absolute Gasteiger partial charge is 0.369 e. The van der Waals surface area contributed by atoms with Gasteiger partial charge in [0.25, 0.3) is 10.0 Å². The Labute approximate surface area is 100 Å². The molecule has 0 fully saturated rings. The highest BCUT2D eigenvalue weighted by atomic mass is 32.2. The molecule has 7 nitrogen and oxygen atoms in total. The number of carbonyl (C=O) groups is 1. The topological polar surface area (TPSA) is 109 Å². The predicted octanol–water partition coefficient (Wildman–Crippen LogP) is -0.458. The Balaban J connectivity index is 3.00. The van der Waals surface area contributed by atoms with E-state index in [0.717, 1.165) is 4.31 Å². The number of imidazole rings is 1. The molecule has 1 aromatic rings. The van der Waals surface area contributed by atoms with Crippen LogP contribution in [-0.4, -0.2) is 41.7 Å². The molecule has 0 saturated heterocycles. The van der Waals surface area contributed by atoms with Gasteiger partial charge in [0.05, 0.1) is 19.1 Å². The van der Waals surface area contributed by atoms with E-state index in [0.29, 0.717) is 0 Å². The quantitative estimate of drug-likeness (QED) is 0.721. The van der Waals surface area contributed by atoms with E-state index in [1.54, 1.807) is 0 Å². The van der Waals surface area contributed by atoms with Gasteiger partial charge in [0.15, 0.2) is 5.03 Å². The Kier molecular flexibility index (Phi) is 4.24. The summed E-state index contributed by atoms with van der Waals surface area (Å²) >= 11 is 0. The van der Waals surface area contributed by atoms with E-state index in [2.05, 4.69) is 9.97 Å². The number of sulfonamides is 1. The van der Waals surface area contributed by atoms with Gasteiger partial charge in [-0.05, 0) is 5.92 Å². The lowest BCUT2D eigenvalue weighted by Crippen LogP contribution is -2.40. The summed E-state index contributed by atoms with van der Waals surface area (Å²) in [7, 11) is -3.73. The SMILES string of the molecule is CC(C)CN(CC(N)=O)S(=O)(=O)c1cnc[nH]1. The molecule has 0 unspecified atom stereocenters. The predicted molar refractivity (Wildman–Crippen MR) is 61.4 cm³/mol. The summed E-state index contributed by atoms with van der Waals surface area (Å²) in [5, 5.41) is -0.0422. The van der Waals surface area contributed by atoms with Gasteiger partial charge in [0, 0.05) is 6.54 Å². The van der Waals surface area contributed by atoms with Crippen LogP contribution in [0.3, 0.4) is 0 Å². The Morgan fingerprint density at radius 2 is 2.24 bits per heavy atom. The maximum Gasteiger partial charge on any atom is 0.260 e. The molecule has 0 aliphatic heterocycles. The number of hydrogen-bond acceptors (Lipinski definition) is 4. The number of aromatic amines is 1. The highest BCUT2D eigenvalue weighted by Crippen LogP contribution is 2.13. The lowest BCUT2D eigenvalue weighted by molar-refractivity contribution is -0.118. The first-order chi connectivity index (χ1) is 7.84. The molecule has 0 aliphatic rings. The molecule has 8 heteroatoms. The molecule has 1 amide bonds. The third kappa shape index (κ3) is 3.53. The minimum atomic E-state index is -3.73. The van der Waals surface area contributed by atoms with Gasteiger partial charge in [-0.3, -0.25) is 4.79 Å². The number of hydrogen-bond donors (Lipinski definition) is 2. The molecule has 0 bridgehead atoms. The van der Waals surface area contributed by atoms with E-state index >= 15 is 0 Å². The molecule has 1 heterocycles. The second-order valence-corrected chi connectivity index (χ2v) is 5.98. The van der Waals surface area contributed by atoms with E-state index in [4.69, 9.17) is 5.73 Å². The molecule has 96 valence electrons. The Hall–Kier alpha value is -1.41. The van der Waals surface area contributed by atoms with Crippen molar-refractivity contribution in [2.75, 3.05) is 13.1 Å². The number of nitrogens with zero attached hydrogens (tertiary/aromatic N) is 2. The van der Waals surface area contributed by atoms with Crippen molar-refractivity contribution >= 4 is 15.9 Å². The molecule has 0 spiro atoms. The smallest absolute Gasteiger partial charge is 0.260 e. The van der Waals surface area contributed by atoms with Gasteiger partial charge in [-0.15, -0.1) is 0 Å². The van der Waals surface area contributed by atoms with E-state index in [1.165, 1.54) is 12.5 Å². The van der Waals surface area contributed by atoms with Crippen molar-refractivity contribution in [3.05, 3.63) is 12.5 Å². The summed E-state index contributed by atoms with van der Waals surface area (Å²) in [6.45, 7) is 3.61. The first-order valence-electron chi connectivity index (χ1n) is 5.11. The van der Waals surface area contributed by atoms with Crippen molar-refractivity contribution in [3.63, 3.8) is 0 Å². The lowest BCUT2D eigenvalue weighted by atomic mass is 10.2. The minimum absolute atomic E-state index is 0.0422. The Morgan fingerprint density at radius 3 is 2.65 bits per heavy atom. The van der Waals surface area contributed by atoms with E-state index in [1.807, 2.05) is 13.8 Å². The zero-order valence-corrected chi connectivity index (χ0v) is 10.6. The summed E-state index contributed by atoms with van der Waals surface area (Å²) < 4.78 is 25.3. The van der Waals surface area contributed by atoms with Gasteiger partial charge in [0.1, 0.15) is 0 Å². The van der Waals surface area contributed by atoms with Crippen LogP contribution < -0.4 is 5.73 Å². The average Bonchev–Trinajstić information content (AvgIpc) is 2.68. The van der Waals surface area contributed by atoms with Crippen LogP contribution in [0.5, 0.6) is 0 Å². The number of nitrogens with two attached hydrogens (primary N) is 1. The molecule has 0 atom stereocenters. The fourth-order valence-electron chi connectivity index (χ4n) is 1.35. The first-order valence-corrected chi connectivity index (χ1v) is 6.55. The summed E-state index contributed by atoms with van der Waals surface area (Å²) in [6, 6.07) is 0. The summed E-state index contributed by atoms with van der Waals surface area (Å²) in [6.07, 6.45) is 2.47. The number of aromatic nitrogens is 2. The van der Waals surface area contributed by atoms with Crippen LogP contribution in [0.1, 0.15) is 13.8 Å². The Morgan fingerprint density at radius 1 is 1.59 bits per heavy atom. The van der Waals surface area contributed by atoms with Crippen LogP contribution in [0.4, 0.5) is 0 Å². The number of H-pyrrole nitrogens is 1. The second-order valence-electron chi connectivity index (χ2n) is 4.07.